The molecule has 0 saturated carbocycles. The Balaban J connectivity index is 1.48. The topological polar surface area (TPSA) is 59.4 Å². The van der Waals surface area contributed by atoms with Crippen molar-refractivity contribution < 1.29 is 4.79 Å². The zero-order valence-electron chi connectivity index (χ0n) is 11.6. The maximum atomic E-state index is 12.1. The largest absolute Gasteiger partial charge is 0.333 e. The predicted octanol–water partition coefficient (Wildman–Crippen LogP) is 2.00. The first kappa shape index (κ1) is 14.0. The summed E-state index contributed by atoms with van der Waals surface area (Å²) in [7, 11) is 0. The van der Waals surface area contributed by atoms with Crippen molar-refractivity contribution in [2.75, 3.05) is 26.2 Å². The van der Waals surface area contributed by atoms with Crippen LogP contribution in [0.15, 0.2) is 24.3 Å². The molecule has 2 aliphatic rings. The molecule has 3 rings (SSSR count). The molecular formula is C15H17ClN4O. The molecule has 0 aromatic heterocycles. The lowest BCUT2D eigenvalue weighted by Gasteiger charge is -2.40. The van der Waals surface area contributed by atoms with Gasteiger partial charge in [-0.25, -0.2) is 4.79 Å². The number of likely N-dealkylation sites (tertiary alicyclic amines) is 2. The smallest absolute Gasteiger partial charge is 0.317 e. The van der Waals surface area contributed by atoms with Gasteiger partial charge in [-0.05, 0) is 24.1 Å². The molecule has 5 nitrogen and oxygen atoms in total. The van der Waals surface area contributed by atoms with E-state index in [1.165, 1.54) is 5.56 Å². The van der Waals surface area contributed by atoms with Gasteiger partial charge in [0.25, 0.3) is 0 Å². The van der Waals surface area contributed by atoms with E-state index in [1.54, 1.807) is 9.80 Å². The van der Waals surface area contributed by atoms with Gasteiger partial charge in [-0.2, -0.15) is 5.26 Å². The number of halogens is 1. The summed E-state index contributed by atoms with van der Waals surface area (Å²) in [5.41, 5.74) is 1.18. The predicted molar refractivity (Wildman–Crippen MR) is 79.9 cm³/mol. The van der Waals surface area contributed by atoms with Gasteiger partial charge in [-0.1, -0.05) is 23.7 Å². The third-order valence-electron chi connectivity index (χ3n) is 4.15. The van der Waals surface area contributed by atoms with Crippen LogP contribution in [-0.4, -0.2) is 48.1 Å². The molecule has 6 heteroatoms. The number of urea groups is 1. The fourth-order valence-corrected chi connectivity index (χ4v) is 3.05. The Hall–Kier alpha value is -1.93. The molecule has 0 radical (unpaired) electrons. The van der Waals surface area contributed by atoms with E-state index in [0.29, 0.717) is 12.5 Å². The summed E-state index contributed by atoms with van der Waals surface area (Å²) >= 11 is 5.99. The summed E-state index contributed by atoms with van der Waals surface area (Å²) in [6, 6.07) is 7.86. The molecule has 2 aliphatic heterocycles. The number of rotatable bonds is 2. The van der Waals surface area contributed by atoms with E-state index in [4.69, 9.17) is 16.9 Å². The Morgan fingerprint density at radius 3 is 2.86 bits per heavy atom. The monoisotopic (exact) mass is 304 g/mol. The summed E-state index contributed by atoms with van der Waals surface area (Å²) in [5.74, 6) is 0.369. The lowest BCUT2D eigenvalue weighted by molar-refractivity contribution is 0.148. The Morgan fingerprint density at radius 2 is 2.19 bits per heavy atom. The normalized spacial score (nSPS) is 21.8. The molecule has 2 heterocycles. The van der Waals surface area contributed by atoms with E-state index < -0.39 is 0 Å². The van der Waals surface area contributed by atoms with Crippen LogP contribution >= 0.6 is 11.6 Å². The molecule has 21 heavy (non-hydrogen) atoms. The van der Waals surface area contributed by atoms with Crippen molar-refractivity contribution in [3.05, 3.63) is 34.9 Å². The first-order valence-electron chi connectivity index (χ1n) is 7.11. The van der Waals surface area contributed by atoms with Crippen molar-refractivity contribution in [3.63, 3.8) is 0 Å². The van der Waals surface area contributed by atoms with Gasteiger partial charge in [0.1, 0.15) is 0 Å². The summed E-state index contributed by atoms with van der Waals surface area (Å²) in [6.07, 6.45) is 2.95. The van der Waals surface area contributed by atoms with Crippen LogP contribution in [-0.2, 0) is 0 Å². The standard InChI is InChI=1S/C15H17ClN4O/c16-13-3-1-2-11(6-13)12-7-20(8-12)15(21)18-14-4-5-19(9-14)10-17/h1-3,6,12,14H,4-5,7-9H2,(H,18,21)/t14-/m1/s1. The quantitative estimate of drug-likeness (QED) is 0.850. The second-order valence-electron chi connectivity index (χ2n) is 5.64. The van der Waals surface area contributed by atoms with Crippen molar-refractivity contribution in [2.45, 2.75) is 18.4 Å². The zero-order chi connectivity index (χ0) is 14.8. The van der Waals surface area contributed by atoms with Gasteiger partial charge in [0.15, 0.2) is 6.19 Å². The molecule has 1 aromatic carbocycles. The first-order valence-corrected chi connectivity index (χ1v) is 7.49. The molecule has 0 unspecified atom stereocenters. The SMILES string of the molecule is N#CN1CC[C@@H](NC(=O)N2CC(c3cccc(Cl)c3)C2)C1. The molecule has 1 atom stereocenters. The van der Waals surface area contributed by atoms with Crippen molar-refractivity contribution in [2.24, 2.45) is 0 Å². The van der Waals surface area contributed by atoms with Gasteiger partial charge in [0.05, 0.1) is 6.04 Å². The minimum Gasteiger partial charge on any atom is -0.333 e. The minimum absolute atomic E-state index is 0.0296. The number of nitrogens with zero attached hydrogens (tertiary/aromatic N) is 3. The van der Waals surface area contributed by atoms with Crippen LogP contribution in [0.4, 0.5) is 4.79 Å². The van der Waals surface area contributed by atoms with Crippen LogP contribution in [0.1, 0.15) is 17.9 Å². The van der Waals surface area contributed by atoms with Crippen LogP contribution in [0, 0.1) is 11.5 Å². The van der Waals surface area contributed by atoms with Crippen molar-refractivity contribution >= 4 is 17.6 Å². The molecular weight excluding hydrogens is 288 g/mol. The molecule has 1 aromatic rings. The van der Waals surface area contributed by atoms with Crippen molar-refractivity contribution in [1.82, 2.24) is 15.1 Å². The average Bonchev–Trinajstić information content (AvgIpc) is 2.84. The molecule has 2 fully saturated rings. The number of nitrogens with one attached hydrogen (secondary N) is 1. The second kappa shape index (κ2) is 5.82. The maximum absolute atomic E-state index is 12.1. The highest BCUT2D eigenvalue weighted by Crippen LogP contribution is 2.28. The summed E-state index contributed by atoms with van der Waals surface area (Å²) in [6.45, 7) is 2.79. The van der Waals surface area contributed by atoms with E-state index in [2.05, 4.69) is 11.5 Å². The fraction of sp³-hybridized carbons (Fsp3) is 0.467. The highest BCUT2D eigenvalue weighted by Gasteiger charge is 2.33. The summed E-state index contributed by atoms with van der Waals surface area (Å²) < 4.78 is 0. The molecule has 0 aliphatic carbocycles. The number of nitriles is 1. The number of hydrogen-bond acceptors (Lipinski definition) is 3. The van der Waals surface area contributed by atoms with Gasteiger partial charge < -0.3 is 15.1 Å². The molecule has 2 saturated heterocycles. The number of carbonyl (C=O) groups excluding carboxylic acids is 1. The molecule has 110 valence electrons. The minimum atomic E-state index is -0.0296. The molecule has 0 spiro atoms. The number of amides is 2. The van der Waals surface area contributed by atoms with E-state index in [1.807, 2.05) is 24.3 Å². The van der Waals surface area contributed by atoms with Crippen LogP contribution in [0.5, 0.6) is 0 Å². The molecule has 0 bridgehead atoms. The van der Waals surface area contributed by atoms with Crippen LogP contribution in [0.25, 0.3) is 0 Å². The van der Waals surface area contributed by atoms with E-state index in [-0.39, 0.29) is 12.1 Å². The van der Waals surface area contributed by atoms with Gasteiger partial charge in [0, 0.05) is 37.1 Å². The fourth-order valence-electron chi connectivity index (χ4n) is 2.85. The van der Waals surface area contributed by atoms with Crippen LogP contribution in [0.3, 0.4) is 0 Å². The summed E-state index contributed by atoms with van der Waals surface area (Å²) in [4.78, 5) is 15.6. The average molecular weight is 305 g/mol. The highest BCUT2D eigenvalue weighted by molar-refractivity contribution is 6.30. The van der Waals surface area contributed by atoms with Crippen molar-refractivity contribution in [1.29, 1.82) is 5.26 Å². The van der Waals surface area contributed by atoms with E-state index >= 15 is 0 Å². The Morgan fingerprint density at radius 1 is 1.38 bits per heavy atom. The Labute approximate surface area is 129 Å². The third kappa shape index (κ3) is 3.06. The van der Waals surface area contributed by atoms with E-state index in [0.717, 1.165) is 31.1 Å². The van der Waals surface area contributed by atoms with E-state index in [9.17, 15) is 4.79 Å². The van der Waals surface area contributed by atoms with Gasteiger partial charge in [0.2, 0.25) is 0 Å². The maximum Gasteiger partial charge on any atom is 0.317 e. The first-order chi connectivity index (χ1) is 10.2. The summed E-state index contributed by atoms with van der Waals surface area (Å²) in [5, 5.41) is 12.5. The van der Waals surface area contributed by atoms with Gasteiger partial charge >= 0.3 is 6.03 Å². The molecule has 2 amide bonds. The van der Waals surface area contributed by atoms with Gasteiger partial charge in [-0.15, -0.1) is 0 Å². The van der Waals surface area contributed by atoms with Crippen LogP contribution < -0.4 is 5.32 Å². The lowest BCUT2D eigenvalue weighted by atomic mass is 9.92. The number of hydrogen-bond donors (Lipinski definition) is 1. The number of benzene rings is 1. The van der Waals surface area contributed by atoms with Crippen LogP contribution in [0.2, 0.25) is 5.02 Å². The second-order valence-corrected chi connectivity index (χ2v) is 6.07. The Kier molecular flexibility index (Phi) is 3.89. The number of carbonyl (C=O) groups is 1. The lowest BCUT2D eigenvalue weighted by Crippen LogP contribution is -2.54. The van der Waals surface area contributed by atoms with Crippen molar-refractivity contribution in [3.8, 4) is 6.19 Å². The third-order valence-corrected chi connectivity index (χ3v) is 4.38. The Bertz CT molecular complexity index is 579. The molecule has 1 N–H and O–H groups in total. The van der Waals surface area contributed by atoms with Gasteiger partial charge in [-0.3, -0.25) is 0 Å². The highest BCUT2D eigenvalue weighted by atomic mass is 35.5. The zero-order valence-corrected chi connectivity index (χ0v) is 12.4.